The number of phenols is 9. The number of aliphatic hydroxyl groups is 1. The summed E-state index contributed by atoms with van der Waals surface area (Å²) in [7, 11) is 1.40. The van der Waals surface area contributed by atoms with Gasteiger partial charge in [-0.15, -0.1) is 0 Å². The van der Waals surface area contributed by atoms with Crippen LogP contribution in [0, 0.1) is 0 Å². The number of benzene rings is 4. The molecular weight excluding hydrogens is 608 g/mol. The molecule has 2 heterocycles. The van der Waals surface area contributed by atoms with Crippen molar-refractivity contribution >= 4 is 0 Å². The third-order valence-electron chi connectivity index (χ3n) is 8.20. The molecule has 0 spiro atoms. The number of rotatable bonds is 4. The Morgan fingerprint density at radius 1 is 0.696 bits per heavy atom. The number of methoxy groups -OCH3 is 1. The fourth-order valence-corrected chi connectivity index (χ4v) is 5.84. The average Bonchev–Trinajstić information content (AvgIpc) is 2.98. The van der Waals surface area contributed by atoms with Gasteiger partial charge in [-0.05, 0) is 31.2 Å². The molecule has 4 aromatic carbocycles. The summed E-state index contributed by atoms with van der Waals surface area (Å²) in [5.41, 5.74) is 0.562. The van der Waals surface area contributed by atoms with Crippen LogP contribution < -0.4 is 14.2 Å². The van der Waals surface area contributed by atoms with Crippen LogP contribution in [0.4, 0.5) is 0 Å². The van der Waals surface area contributed by atoms with Crippen LogP contribution in [0.15, 0.2) is 42.5 Å². The van der Waals surface area contributed by atoms with Crippen molar-refractivity contribution in [2.75, 3.05) is 7.11 Å². The molecule has 0 aliphatic carbocycles. The second kappa shape index (κ2) is 10.8. The van der Waals surface area contributed by atoms with E-state index < -0.39 is 70.1 Å². The lowest BCUT2D eigenvalue weighted by Crippen LogP contribution is -2.49. The minimum atomic E-state index is -2.36. The van der Waals surface area contributed by atoms with E-state index in [1.165, 1.54) is 32.2 Å². The topological polar surface area (TPSA) is 239 Å². The Morgan fingerprint density at radius 3 is 1.80 bits per heavy atom. The zero-order valence-corrected chi connectivity index (χ0v) is 24.3. The van der Waals surface area contributed by atoms with Crippen molar-refractivity contribution in [3.63, 3.8) is 0 Å². The van der Waals surface area contributed by atoms with Gasteiger partial charge >= 0.3 is 5.79 Å². The Labute approximate surface area is 260 Å². The van der Waals surface area contributed by atoms with E-state index in [1.807, 2.05) is 0 Å². The summed E-state index contributed by atoms with van der Waals surface area (Å²) >= 11 is 0. The molecule has 0 aromatic heterocycles. The fraction of sp³-hybridized carbons (Fsp3) is 0.250. The first kappa shape index (κ1) is 30.4. The number of hydrogen-bond acceptors (Lipinski definition) is 14. The lowest BCUT2D eigenvalue weighted by molar-refractivity contribution is -0.191. The Morgan fingerprint density at radius 2 is 1.24 bits per heavy atom. The van der Waals surface area contributed by atoms with Crippen molar-refractivity contribution in [3.05, 3.63) is 70.3 Å². The molecule has 0 saturated carbocycles. The summed E-state index contributed by atoms with van der Waals surface area (Å²) in [6, 6.07) is 7.75. The zero-order chi connectivity index (χ0) is 33.2. The van der Waals surface area contributed by atoms with Crippen LogP contribution in [-0.4, -0.2) is 70.4 Å². The Bertz CT molecular complexity index is 1820. The van der Waals surface area contributed by atoms with Crippen LogP contribution in [0.1, 0.15) is 40.8 Å². The molecule has 0 fully saturated rings. The van der Waals surface area contributed by atoms with Gasteiger partial charge in [-0.1, -0.05) is 0 Å². The minimum absolute atomic E-state index is 0.0458. The number of aromatic hydroxyl groups is 9. The molecule has 14 heteroatoms. The Kier molecular flexibility index (Phi) is 7.13. The zero-order valence-electron chi connectivity index (χ0n) is 24.3. The number of ether oxygens (including phenoxy) is 4. The van der Waals surface area contributed by atoms with Crippen LogP contribution in [0.3, 0.4) is 0 Å². The highest BCUT2D eigenvalue weighted by Gasteiger charge is 2.48. The lowest BCUT2D eigenvalue weighted by Gasteiger charge is -2.41. The molecule has 0 bridgehead atoms. The molecule has 0 radical (unpaired) electrons. The van der Waals surface area contributed by atoms with Gasteiger partial charge < -0.3 is 70.0 Å². The Hall–Kier alpha value is -5.60. The van der Waals surface area contributed by atoms with Gasteiger partial charge in [-0.25, -0.2) is 0 Å². The molecule has 2 aliphatic rings. The molecule has 0 amide bonds. The van der Waals surface area contributed by atoms with Crippen molar-refractivity contribution in [1.82, 2.24) is 0 Å². The highest BCUT2D eigenvalue weighted by molar-refractivity contribution is 5.64. The number of hydrogen-bond donors (Lipinski definition) is 10. The first-order chi connectivity index (χ1) is 21.7. The lowest BCUT2D eigenvalue weighted by atomic mass is 9.89. The Balaban J connectivity index is 1.61. The van der Waals surface area contributed by atoms with Gasteiger partial charge in [0.1, 0.15) is 46.7 Å². The first-order valence-electron chi connectivity index (χ1n) is 13.9. The van der Waals surface area contributed by atoms with Crippen molar-refractivity contribution in [1.29, 1.82) is 0 Å². The maximum atomic E-state index is 11.2. The van der Waals surface area contributed by atoms with Gasteiger partial charge in [0.25, 0.3) is 0 Å². The molecule has 14 nitrogen and oxygen atoms in total. The predicted octanol–water partition coefficient (Wildman–Crippen LogP) is 3.32. The SMILES string of the molecule is CO[C@@H]1Cc2c(O)cc3c(c2OC1c1cc(O)c(O)c(O)c1)Cc1c(O)cc(O)cc1O[C@](c1cc(O)c(O)c(O)c1)([C@@H](C)O)O3. The van der Waals surface area contributed by atoms with E-state index in [0.29, 0.717) is 0 Å². The van der Waals surface area contributed by atoms with E-state index in [4.69, 9.17) is 18.9 Å². The highest BCUT2D eigenvalue weighted by atomic mass is 16.7. The second-order valence-corrected chi connectivity index (χ2v) is 11.1. The van der Waals surface area contributed by atoms with Crippen LogP contribution in [0.5, 0.6) is 69.0 Å². The first-order valence-corrected chi connectivity index (χ1v) is 13.9. The van der Waals surface area contributed by atoms with Crippen LogP contribution >= 0.6 is 0 Å². The van der Waals surface area contributed by atoms with E-state index in [1.54, 1.807) is 0 Å². The van der Waals surface area contributed by atoms with Gasteiger partial charge in [0.05, 0.1) is 0 Å². The average molecular weight is 639 g/mol. The van der Waals surface area contributed by atoms with Gasteiger partial charge in [0.15, 0.2) is 40.6 Å². The normalized spacial score (nSPS) is 20.8. The third kappa shape index (κ3) is 4.74. The third-order valence-corrected chi connectivity index (χ3v) is 8.20. The van der Waals surface area contributed by atoms with Crippen molar-refractivity contribution < 1.29 is 70.0 Å². The summed E-state index contributed by atoms with van der Waals surface area (Å²) in [5, 5.41) is 105. The molecule has 4 atom stereocenters. The molecule has 1 unspecified atom stereocenters. The molecule has 6 rings (SSSR count). The van der Waals surface area contributed by atoms with E-state index in [2.05, 4.69) is 0 Å². The molecule has 2 aliphatic heterocycles. The molecule has 4 aromatic rings. The van der Waals surface area contributed by atoms with Crippen LogP contribution in [0.2, 0.25) is 0 Å². The summed E-state index contributed by atoms with van der Waals surface area (Å²) in [4.78, 5) is 0. The molecule has 10 N–H and O–H groups in total. The highest BCUT2D eigenvalue weighted by Crippen LogP contribution is 2.53. The second-order valence-electron chi connectivity index (χ2n) is 11.1. The minimum Gasteiger partial charge on any atom is -0.508 e. The maximum Gasteiger partial charge on any atom is 0.304 e. The van der Waals surface area contributed by atoms with Crippen molar-refractivity contribution in [3.8, 4) is 69.0 Å². The molecule has 46 heavy (non-hydrogen) atoms. The molecular formula is C32H30O14. The van der Waals surface area contributed by atoms with Crippen LogP contribution in [-0.2, 0) is 23.4 Å². The molecule has 242 valence electrons. The quantitative estimate of drug-likeness (QED) is 0.144. The smallest absolute Gasteiger partial charge is 0.304 e. The maximum absolute atomic E-state index is 11.2. The fourth-order valence-electron chi connectivity index (χ4n) is 5.84. The van der Waals surface area contributed by atoms with E-state index in [9.17, 15) is 51.1 Å². The van der Waals surface area contributed by atoms with E-state index in [-0.39, 0.29) is 63.7 Å². The van der Waals surface area contributed by atoms with E-state index in [0.717, 1.165) is 24.3 Å². The summed E-state index contributed by atoms with van der Waals surface area (Å²) in [6.07, 6.45) is -3.56. The van der Waals surface area contributed by atoms with Crippen LogP contribution in [0.25, 0.3) is 0 Å². The van der Waals surface area contributed by atoms with Crippen molar-refractivity contribution in [2.24, 2.45) is 0 Å². The monoisotopic (exact) mass is 638 g/mol. The van der Waals surface area contributed by atoms with Gasteiger partial charge in [0, 0.05) is 66.0 Å². The largest absolute Gasteiger partial charge is 0.508 e. The number of phenolic OH excluding ortho intramolecular Hbond substituents is 9. The standard InChI is InChI=1S/C32H30O14/c1-12(33)32(14-5-23(39)29(42)24(40)6-14)45-25-8-15(34)7-19(35)16(25)9-18-26(46-32)11-20(36)17-10-27(43-2)30(44-31(17)18)13-3-21(37)28(41)22(38)4-13/h3-8,11-12,27,30,33-42H,9-10H2,1-2H3/t12-,27-,30?,32-/m1/s1. The summed E-state index contributed by atoms with van der Waals surface area (Å²) < 4.78 is 24.5. The molecule has 0 saturated heterocycles. The number of fused-ring (bicyclic) bond motifs is 4. The predicted molar refractivity (Wildman–Crippen MR) is 156 cm³/mol. The summed E-state index contributed by atoms with van der Waals surface area (Å²) in [6.45, 7) is 1.27. The summed E-state index contributed by atoms with van der Waals surface area (Å²) in [5.74, 6) is -8.15. The van der Waals surface area contributed by atoms with Gasteiger partial charge in [-0.2, -0.15) is 0 Å². The van der Waals surface area contributed by atoms with Crippen molar-refractivity contribution in [2.45, 2.75) is 43.9 Å². The van der Waals surface area contributed by atoms with Gasteiger partial charge in [-0.3, -0.25) is 0 Å². The van der Waals surface area contributed by atoms with Gasteiger partial charge in [0.2, 0.25) is 0 Å². The number of aliphatic hydroxyl groups excluding tert-OH is 1. The van der Waals surface area contributed by atoms with E-state index >= 15 is 0 Å².